The summed E-state index contributed by atoms with van der Waals surface area (Å²) in [5.74, 6) is -1.32. The fraction of sp³-hybridized carbons (Fsp3) is 0.222. The lowest BCUT2D eigenvalue weighted by Crippen LogP contribution is -2.46. The van der Waals surface area contributed by atoms with E-state index < -0.39 is 47.0 Å². The summed E-state index contributed by atoms with van der Waals surface area (Å²) in [5, 5.41) is 8.36. The van der Waals surface area contributed by atoms with Crippen LogP contribution in [0.25, 0.3) is 0 Å². The molecule has 29 heavy (non-hydrogen) atoms. The summed E-state index contributed by atoms with van der Waals surface area (Å²) in [5.41, 5.74) is -0.543. The maximum atomic E-state index is 13.2. The Bertz CT molecular complexity index is 1260. The van der Waals surface area contributed by atoms with Crippen LogP contribution in [0.2, 0.25) is 0 Å². The van der Waals surface area contributed by atoms with Crippen molar-refractivity contribution in [1.82, 2.24) is 9.62 Å². The molecule has 152 valence electrons. The second-order valence-electron chi connectivity index (χ2n) is 6.72. The largest absolute Gasteiger partial charge is 0.314 e. The summed E-state index contributed by atoms with van der Waals surface area (Å²) in [6, 6.07) is 8.18. The van der Waals surface area contributed by atoms with Crippen molar-refractivity contribution in [1.29, 1.82) is 0 Å². The highest BCUT2D eigenvalue weighted by Gasteiger charge is 2.40. The minimum absolute atomic E-state index is 0.00613. The Balaban J connectivity index is 2.02. The number of carbonyl (C=O) groups excluding carboxylic acids is 2. The first-order chi connectivity index (χ1) is 13.6. The van der Waals surface area contributed by atoms with Gasteiger partial charge in [0.1, 0.15) is 9.79 Å². The smallest absolute Gasteiger partial charge is 0.244 e. The van der Waals surface area contributed by atoms with Crippen molar-refractivity contribution < 1.29 is 26.4 Å². The van der Waals surface area contributed by atoms with E-state index in [0.29, 0.717) is 13.1 Å². The molecule has 11 heteroatoms. The quantitative estimate of drug-likeness (QED) is 0.575. The molecule has 0 amide bonds. The number of benzene rings is 2. The Morgan fingerprint density at radius 1 is 0.828 bits per heavy atom. The van der Waals surface area contributed by atoms with Crippen molar-refractivity contribution in [2.75, 3.05) is 26.2 Å². The molecule has 0 atom stereocenters. The van der Waals surface area contributed by atoms with Crippen molar-refractivity contribution in [2.45, 2.75) is 9.79 Å². The number of primary sulfonamides is 1. The first-order valence-electron chi connectivity index (χ1n) is 8.73. The van der Waals surface area contributed by atoms with Crippen LogP contribution in [0.15, 0.2) is 46.2 Å². The maximum absolute atomic E-state index is 13.2. The van der Waals surface area contributed by atoms with Crippen molar-refractivity contribution in [2.24, 2.45) is 5.14 Å². The molecule has 1 aliphatic carbocycles. The van der Waals surface area contributed by atoms with E-state index in [2.05, 4.69) is 5.32 Å². The van der Waals surface area contributed by atoms with Crippen LogP contribution in [-0.2, 0) is 20.0 Å². The van der Waals surface area contributed by atoms with Gasteiger partial charge in [-0.25, -0.2) is 22.0 Å². The number of fused-ring (bicyclic) bond motifs is 2. The monoisotopic (exact) mass is 435 g/mol. The molecular weight excluding hydrogens is 418 g/mol. The molecule has 2 aliphatic rings. The molecule has 1 fully saturated rings. The summed E-state index contributed by atoms with van der Waals surface area (Å²) in [6.45, 7) is 1.08. The fourth-order valence-corrected chi connectivity index (χ4v) is 6.66. The lowest BCUT2D eigenvalue weighted by Gasteiger charge is -2.28. The van der Waals surface area contributed by atoms with Gasteiger partial charge in [-0.2, -0.15) is 4.31 Å². The van der Waals surface area contributed by atoms with Gasteiger partial charge in [0.15, 0.2) is 11.6 Å². The molecule has 1 heterocycles. The lowest BCUT2D eigenvalue weighted by atomic mass is 9.84. The van der Waals surface area contributed by atoms with Gasteiger partial charge in [-0.05, 0) is 12.1 Å². The molecule has 1 saturated heterocycles. The van der Waals surface area contributed by atoms with Crippen molar-refractivity contribution in [3.05, 3.63) is 58.7 Å². The standard InChI is InChI=1S/C18H17N3O6S2/c19-28(24,25)18-14(29(26,27)21-9-7-20-8-10-21)6-5-13-15(18)17(23)12-4-2-1-3-11(12)16(13)22/h1-6,20H,7-10H2,(H2,19,24,25). The average molecular weight is 435 g/mol. The van der Waals surface area contributed by atoms with Crippen LogP contribution in [0.5, 0.6) is 0 Å². The van der Waals surface area contributed by atoms with Crippen molar-refractivity contribution >= 4 is 31.6 Å². The average Bonchev–Trinajstić information content (AvgIpc) is 2.71. The molecule has 0 spiro atoms. The fourth-order valence-electron chi connectivity index (χ4n) is 3.65. The molecule has 0 radical (unpaired) electrons. The van der Waals surface area contributed by atoms with Crippen LogP contribution >= 0.6 is 0 Å². The van der Waals surface area contributed by atoms with E-state index in [1.165, 1.54) is 24.3 Å². The first-order valence-corrected chi connectivity index (χ1v) is 11.7. The lowest BCUT2D eigenvalue weighted by molar-refractivity contribution is 0.0976. The molecule has 1 aliphatic heterocycles. The summed E-state index contributed by atoms with van der Waals surface area (Å²) in [6.07, 6.45) is 0. The third kappa shape index (κ3) is 3.11. The van der Waals surface area contributed by atoms with Gasteiger partial charge in [0.05, 0.1) is 5.56 Å². The Labute approximate surface area is 167 Å². The molecule has 0 aromatic heterocycles. The van der Waals surface area contributed by atoms with Crippen molar-refractivity contribution in [3.8, 4) is 0 Å². The molecule has 0 bridgehead atoms. The number of carbonyl (C=O) groups is 2. The third-order valence-corrected chi connectivity index (χ3v) is 8.05. The van der Waals surface area contributed by atoms with Gasteiger partial charge in [-0.1, -0.05) is 24.3 Å². The molecule has 2 aromatic rings. The number of hydrogen-bond acceptors (Lipinski definition) is 7. The van der Waals surface area contributed by atoms with Crippen LogP contribution in [-0.4, -0.2) is 58.9 Å². The number of ketones is 2. The van der Waals surface area contributed by atoms with E-state index in [9.17, 15) is 26.4 Å². The van der Waals surface area contributed by atoms with Gasteiger partial charge in [0.25, 0.3) is 0 Å². The van der Waals surface area contributed by atoms with E-state index in [1.54, 1.807) is 6.07 Å². The predicted molar refractivity (Wildman–Crippen MR) is 103 cm³/mol. The number of piperazine rings is 1. The Morgan fingerprint density at radius 3 is 2.00 bits per heavy atom. The van der Waals surface area contributed by atoms with E-state index in [1.807, 2.05) is 0 Å². The van der Waals surface area contributed by atoms with Crippen LogP contribution < -0.4 is 10.5 Å². The topological polar surface area (TPSA) is 144 Å². The van der Waals surface area contributed by atoms with E-state index in [0.717, 1.165) is 10.4 Å². The van der Waals surface area contributed by atoms with E-state index in [4.69, 9.17) is 5.14 Å². The summed E-state index contributed by atoms with van der Waals surface area (Å²) >= 11 is 0. The summed E-state index contributed by atoms with van der Waals surface area (Å²) < 4.78 is 52.3. The third-order valence-electron chi connectivity index (χ3n) is 4.99. The zero-order chi connectivity index (χ0) is 21.0. The number of nitrogens with one attached hydrogen (secondary N) is 1. The molecule has 3 N–H and O–H groups in total. The molecule has 0 saturated carbocycles. The molecule has 0 unspecified atom stereocenters. The second-order valence-corrected chi connectivity index (χ2v) is 10.1. The zero-order valence-electron chi connectivity index (χ0n) is 15.1. The van der Waals surface area contributed by atoms with Gasteiger partial charge >= 0.3 is 0 Å². The van der Waals surface area contributed by atoms with E-state index in [-0.39, 0.29) is 29.8 Å². The Kier molecular flexibility index (Phi) is 4.67. The van der Waals surface area contributed by atoms with Gasteiger partial charge in [-0.15, -0.1) is 0 Å². The van der Waals surface area contributed by atoms with E-state index >= 15 is 0 Å². The van der Waals surface area contributed by atoms with Crippen LogP contribution in [0.1, 0.15) is 31.8 Å². The zero-order valence-corrected chi connectivity index (χ0v) is 16.7. The number of hydrogen-bond donors (Lipinski definition) is 2. The number of nitrogens with two attached hydrogens (primary N) is 1. The van der Waals surface area contributed by atoms with Crippen LogP contribution in [0.3, 0.4) is 0 Å². The molecular formula is C18H17N3O6S2. The molecule has 2 aromatic carbocycles. The summed E-state index contributed by atoms with van der Waals surface area (Å²) in [7, 11) is -8.91. The Hall–Kier alpha value is -2.44. The highest BCUT2D eigenvalue weighted by atomic mass is 32.2. The maximum Gasteiger partial charge on any atom is 0.244 e. The minimum atomic E-state index is -4.65. The van der Waals surface area contributed by atoms with Crippen molar-refractivity contribution in [3.63, 3.8) is 0 Å². The van der Waals surface area contributed by atoms with Gasteiger partial charge in [0, 0.05) is 42.9 Å². The first kappa shape index (κ1) is 19.9. The summed E-state index contributed by atoms with van der Waals surface area (Å²) in [4.78, 5) is 24.5. The van der Waals surface area contributed by atoms with Gasteiger partial charge in [0.2, 0.25) is 20.0 Å². The van der Waals surface area contributed by atoms with Gasteiger partial charge in [-0.3, -0.25) is 9.59 Å². The van der Waals surface area contributed by atoms with Crippen LogP contribution in [0, 0.1) is 0 Å². The molecule has 4 rings (SSSR count). The number of sulfonamides is 2. The SMILES string of the molecule is NS(=O)(=O)c1c(S(=O)(=O)N2CCNCC2)ccc2c1C(=O)c1ccccc1C2=O. The second kappa shape index (κ2) is 6.82. The number of rotatable bonds is 3. The normalized spacial score (nSPS) is 17.7. The highest BCUT2D eigenvalue weighted by Crippen LogP contribution is 2.35. The minimum Gasteiger partial charge on any atom is -0.314 e. The Morgan fingerprint density at radius 2 is 1.41 bits per heavy atom. The molecule has 9 nitrogen and oxygen atoms in total. The highest BCUT2D eigenvalue weighted by molar-refractivity contribution is 7.92. The van der Waals surface area contributed by atoms with Gasteiger partial charge < -0.3 is 5.32 Å². The predicted octanol–water partition coefficient (Wildman–Crippen LogP) is -0.297. The van der Waals surface area contributed by atoms with Crippen LogP contribution in [0.4, 0.5) is 0 Å². The number of nitrogens with zero attached hydrogens (tertiary/aromatic N) is 1.